The highest BCUT2D eigenvalue weighted by molar-refractivity contribution is 7.13. The van der Waals surface area contributed by atoms with Crippen LogP contribution in [0, 0.1) is 6.92 Å². The first-order valence-corrected chi connectivity index (χ1v) is 9.51. The lowest BCUT2D eigenvalue weighted by atomic mass is 10.1. The maximum absolute atomic E-state index is 12.2. The van der Waals surface area contributed by atoms with Crippen LogP contribution in [0.5, 0.6) is 0 Å². The summed E-state index contributed by atoms with van der Waals surface area (Å²) in [5.74, 6) is -0.411. The van der Waals surface area contributed by atoms with Crippen LogP contribution in [-0.4, -0.2) is 15.9 Å². The van der Waals surface area contributed by atoms with Gasteiger partial charge >= 0.3 is 11.6 Å². The number of esters is 1. The lowest BCUT2D eigenvalue weighted by Crippen LogP contribution is -2.10. The summed E-state index contributed by atoms with van der Waals surface area (Å²) in [4.78, 5) is 32.7. The van der Waals surface area contributed by atoms with Gasteiger partial charge in [0.05, 0.1) is 17.8 Å². The fourth-order valence-electron chi connectivity index (χ4n) is 2.81. The van der Waals surface area contributed by atoms with Crippen molar-refractivity contribution < 1.29 is 13.9 Å². The molecule has 6 nitrogen and oxygen atoms in total. The largest absolute Gasteiger partial charge is 0.460 e. The number of hydrogen-bond acceptors (Lipinski definition) is 7. The molecule has 0 saturated carbocycles. The molecule has 0 fully saturated rings. The Morgan fingerprint density at radius 2 is 2.11 bits per heavy atom. The molecule has 1 aromatic carbocycles. The molecule has 7 heteroatoms. The molecule has 0 aliphatic heterocycles. The molecule has 28 heavy (non-hydrogen) atoms. The van der Waals surface area contributed by atoms with Gasteiger partial charge < -0.3 is 9.15 Å². The van der Waals surface area contributed by atoms with Crippen LogP contribution in [0.15, 0.2) is 63.3 Å². The number of aromatic nitrogens is 2. The lowest BCUT2D eigenvalue weighted by Gasteiger charge is -2.07. The van der Waals surface area contributed by atoms with E-state index >= 15 is 0 Å². The molecule has 4 rings (SSSR count). The number of benzene rings is 1. The van der Waals surface area contributed by atoms with Crippen LogP contribution in [0.3, 0.4) is 0 Å². The predicted molar refractivity (Wildman–Crippen MR) is 106 cm³/mol. The maximum Gasteiger partial charge on any atom is 0.336 e. The predicted octanol–water partition coefficient (Wildman–Crippen LogP) is 3.91. The van der Waals surface area contributed by atoms with Gasteiger partial charge in [0.15, 0.2) is 0 Å². The van der Waals surface area contributed by atoms with E-state index in [1.54, 1.807) is 12.3 Å². The number of aryl methyl sites for hydroxylation is 1. The summed E-state index contributed by atoms with van der Waals surface area (Å²) in [5, 5.41) is 3.33. The van der Waals surface area contributed by atoms with Gasteiger partial charge in [-0.1, -0.05) is 18.2 Å². The number of fused-ring (bicyclic) bond motifs is 1. The number of pyridine rings is 1. The molecule has 0 aliphatic carbocycles. The monoisotopic (exact) mass is 392 g/mol. The van der Waals surface area contributed by atoms with E-state index in [-0.39, 0.29) is 13.0 Å². The summed E-state index contributed by atoms with van der Waals surface area (Å²) in [6, 6.07) is 12.5. The van der Waals surface area contributed by atoms with Crippen LogP contribution in [0.1, 0.15) is 16.8 Å². The molecular weight excluding hydrogens is 376 g/mol. The smallest absolute Gasteiger partial charge is 0.336 e. The summed E-state index contributed by atoms with van der Waals surface area (Å²) in [6.45, 7) is 1.92. The third-order valence-corrected chi connectivity index (χ3v) is 5.05. The molecule has 0 aliphatic rings. The normalized spacial score (nSPS) is 10.9. The van der Waals surface area contributed by atoms with E-state index < -0.39 is 11.6 Å². The Morgan fingerprint density at radius 3 is 2.93 bits per heavy atom. The molecule has 140 valence electrons. The van der Waals surface area contributed by atoms with Crippen molar-refractivity contribution in [3.63, 3.8) is 0 Å². The zero-order chi connectivity index (χ0) is 19.5. The fourth-order valence-corrected chi connectivity index (χ4v) is 3.60. The highest BCUT2D eigenvalue weighted by Gasteiger charge is 2.12. The number of nitrogens with zero attached hydrogens (tertiary/aromatic N) is 2. The van der Waals surface area contributed by atoms with E-state index in [4.69, 9.17) is 9.15 Å². The van der Waals surface area contributed by atoms with E-state index in [1.807, 2.05) is 42.6 Å². The van der Waals surface area contributed by atoms with Gasteiger partial charge in [-0.15, -0.1) is 11.3 Å². The van der Waals surface area contributed by atoms with Gasteiger partial charge in [0.1, 0.15) is 17.2 Å². The molecular formula is C21H16N2O4S. The molecule has 0 radical (unpaired) electrons. The van der Waals surface area contributed by atoms with E-state index in [0.717, 1.165) is 21.7 Å². The van der Waals surface area contributed by atoms with Crippen LogP contribution in [0.2, 0.25) is 0 Å². The van der Waals surface area contributed by atoms with E-state index in [2.05, 4.69) is 9.97 Å². The zero-order valence-electron chi connectivity index (χ0n) is 15.0. The first-order valence-electron chi connectivity index (χ1n) is 8.63. The standard InChI is InChI=1S/C21H16N2O4S/c1-13-5-6-16-14(9-20(25)27-18(16)8-13)11-26-19(24)10-15-12-28-21(23-15)17-4-2-3-7-22-17/h2-9,12H,10-11H2,1H3. The highest BCUT2D eigenvalue weighted by atomic mass is 32.1. The Bertz CT molecular complexity index is 1200. The molecule has 0 amide bonds. The van der Waals surface area contributed by atoms with Gasteiger partial charge in [-0.3, -0.25) is 9.78 Å². The number of ether oxygens (including phenoxy) is 1. The Morgan fingerprint density at radius 1 is 1.21 bits per heavy atom. The van der Waals surface area contributed by atoms with Crippen molar-refractivity contribution in [1.82, 2.24) is 9.97 Å². The SMILES string of the molecule is Cc1ccc2c(COC(=O)Cc3csc(-c4ccccn4)n3)cc(=O)oc2c1. The molecule has 0 N–H and O–H groups in total. The first kappa shape index (κ1) is 18.1. The minimum absolute atomic E-state index is 0.00122. The van der Waals surface area contributed by atoms with Crippen molar-refractivity contribution in [1.29, 1.82) is 0 Å². The van der Waals surface area contributed by atoms with E-state index in [1.165, 1.54) is 17.4 Å². The molecule has 0 unspecified atom stereocenters. The number of carbonyl (C=O) groups excluding carboxylic acids is 1. The topological polar surface area (TPSA) is 82.3 Å². The third kappa shape index (κ3) is 3.99. The van der Waals surface area contributed by atoms with Crippen LogP contribution in [0.25, 0.3) is 21.7 Å². The van der Waals surface area contributed by atoms with Crippen LogP contribution in [0.4, 0.5) is 0 Å². The molecule has 0 bridgehead atoms. The van der Waals surface area contributed by atoms with E-state index in [9.17, 15) is 9.59 Å². The van der Waals surface area contributed by atoms with Crippen molar-refractivity contribution in [2.24, 2.45) is 0 Å². The molecule has 0 spiro atoms. The molecule has 0 atom stereocenters. The number of thiazole rings is 1. The van der Waals surface area contributed by atoms with E-state index in [0.29, 0.717) is 16.8 Å². The Kier molecular flexibility index (Phi) is 4.99. The van der Waals surface area contributed by atoms with Gasteiger partial charge in [-0.25, -0.2) is 9.78 Å². The van der Waals surface area contributed by atoms with Crippen molar-refractivity contribution in [2.45, 2.75) is 20.0 Å². The molecule has 0 saturated heterocycles. The second-order valence-corrected chi connectivity index (χ2v) is 7.14. The third-order valence-electron chi connectivity index (χ3n) is 4.14. The van der Waals surface area contributed by atoms with Crippen molar-refractivity contribution in [3.8, 4) is 10.7 Å². The van der Waals surface area contributed by atoms with Crippen molar-refractivity contribution in [3.05, 3.63) is 81.3 Å². The fraction of sp³-hybridized carbons (Fsp3) is 0.143. The second-order valence-electron chi connectivity index (χ2n) is 6.29. The quantitative estimate of drug-likeness (QED) is 0.378. The number of hydrogen-bond donors (Lipinski definition) is 0. The van der Waals surface area contributed by atoms with Crippen LogP contribution in [-0.2, 0) is 22.6 Å². The average molecular weight is 392 g/mol. The number of rotatable bonds is 5. The Labute approximate surface area is 164 Å². The summed E-state index contributed by atoms with van der Waals surface area (Å²) in [5.41, 5.74) is 3.01. The minimum atomic E-state index is -0.469. The highest BCUT2D eigenvalue weighted by Crippen LogP contribution is 2.22. The van der Waals surface area contributed by atoms with Gasteiger partial charge in [0, 0.05) is 28.6 Å². The Hall–Kier alpha value is -3.32. The van der Waals surface area contributed by atoms with Crippen LogP contribution < -0.4 is 5.63 Å². The van der Waals surface area contributed by atoms with Gasteiger partial charge in [0.25, 0.3) is 0 Å². The second kappa shape index (κ2) is 7.74. The number of carbonyl (C=O) groups is 1. The Balaban J connectivity index is 1.45. The van der Waals surface area contributed by atoms with Crippen molar-refractivity contribution in [2.75, 3.05) is 0 Å². The molecule has 3 heterocycles. The van der Waals surface area contributed by atoms with Crippen molar-refractivity contribution >= 4 is 28.3 Å². The summed E-state index contributed by atoms with van der Waals surface area (Å²) < 4.78 is 10.6. The molecule has 3 aromatic heterocycles. The van der Waals surface area contributed by atoms with Gasteiger partial charge in [-0.2, -0.15) is 0 Å². The summed E-state index contributed by atoms with van der Waals surface area (Å²) in [6.07, 6.45) is 1.76. The van der Waals surface area contributed by atoms with Crippen LogP contribution >= 0.6 is 11.3 Å². The van der Waals surface area contributed by atoms with Gasteiger partial charge in [0.2, 0.25) is 0 Å². The lowest BCUT2D eigenvalue weighted by molar-refractivity contribution is -0.144. The molecule has 4 aromatic rings. The summed E-state index contributed by atoms with van der Waals surface area (Å²) >= 11 is 1.43. The first-order chi connectivity index (χ1) is 13.6. The average Bonchev–Trinajstić information content (AvgIpc) is 3.14. The minimum Gasteiger partial charge on any atom is -0.460 e. The van der Waals surface area contributed by atoms with Gasteiger partial charge in [-0.05, 0) is 30.7 Å². The zero-order valence-corrected chi connectivity index (χ0v) is 15.9. The summed E-state index contributed by atoms with van der Waals surface area (Å²) in [7, 11) is 0. The maximum atomic E-state index is 12.2.